The Balaban J connectivity index is 1.50. The van der Waals surface area contributed by atoms with Crippen molar-refractivity contribution in [2.24, 2.45) is 0 Å². The van der Waals surface area contributed by atoms with E-state index in [0.717, 1.165) is 5.56 Å². The second kappa shape index (κ2) is 6.88. The molecule has 1 amide bonds. The summed E-state index contributed by atoms with van der Waals surface area (Å²) in [6.45, 7) is 0.475. The Labute approximate surface area is 156 Å². The highest BCUT2D eigenvalue weighted by Gasteiger charge is 2.28. The lowest BCUT2D eigenvalue weighted by Crippen LogP contribution is -2.25. The summed E-state index contributed by atoms with van der Waals surface area (Å²) in [7, 11) is -3.23. The van der Waals surface area contributed by atoms with E-state index in [1.54, 1.807) is 42.6 Å². The second-order valence-electron chi connectivity index (χ2n) is 6.19. The number of benzene rings is 2. The fourth-order valence-electron chi connectivity index (χ4n) is 3.02. The predicted octanol–water partition coefficient (Wildman–Crippen LogP) is 3.13. The number of hydrogen-bond acceptors (Lipinski definition) is 5. The SMILES string of the molecule is O=C(Nc1cccc(-c2cnco2)c1)c1ccc(N2CCCS2(=O)=O)cc1. The van der Waals surface area contributed by atoms with Crippen LogP contribution in [0, 0.1) is 0 Å². The molecule has 0 aliphatic carbocycles. The van der Waals surface area contributed by atoms with Crippen LogP contribution >= 0.6 is 0 Å². The van der Waals surface area contributed by atoms with Crippen molar-refractivity contribution in [1.82, 2.24) is 4.98 Å². The Bertz CT molecular complexity index is 1060. The first-order valence-electron chi connectivity index (χ1n) is 8.44. The van der Waals surface area contributed by atoms with Crippen LogP contribution in [0.25, 0.3) is 11.3 Å². The molecule has 0 unspecified atom stereocenters. The van der Waals surface area contributed by atoms with Crippen LogP contribution in [0.3, 0.4) is 0 Å². The van der Waals surface area contributed by atoms with Gasteiger partial charge in [0.15, 0.2) is 12.2 Å². The van der Waals surface area contributed by atoms with Crippen LogP contribution in [0.15, 0.2) is 65.5 Å². The Hall–Kier alpha value is -3.13. The van der Waals surface area contributed by atoms with Gasteiger partial charge in [0.2, 0.25) is 10.0 Å². The number of carbonyl (C=O) groups excluding carboxylic acids is 1. The molecule has 0 atom stereocenters. The summed E-state index contributed by atoms with van der Waals surface area (Å²) in [5.41, 5.74) is 2.46. The topological polar surface area (TPSA) is 92.5 Å². The first kappa shape index (κ1) is 17.3. The fourth-order valence-corrected chi connectivity index (χ4v) is 4.58. The molecule has 1 N–H and O–H groups in total. The van der Waals surface area contributed by atoms with Gasteiger partial charge in [-0.1, -0.05) is 12.1 Å². The number of amides is 1. The van der Waals surface area contributed by atoms with E-state index in [-0.39, 0.29) is 11.7 Å². The zero-order valence-electron chi connectivity index (χ0n) is 14.3. The van der Waals surface area contributed by atoms with Crippen LogP contribution < -0.4 is 9.62 Å². The third kappa shape index (κ3) is 3.56. The van der Waals surface area contributed by atoms with Gasteiger partial charge in [0.05, 0.1) is 17.6 Å². The van der Waals surface area contributed by atoms with Crippen molar-refractivity contribution in [3.05, 3.63) is 66.7 Å². The summed E-state index contributed by atoms with van der Waals surface area (Å²) in [5.74, 6) is 0.499. The van der Waals surface area contributed by atoms with Crippen molar-refractivity contribution in [1.29, 1.82) is 0 Å². The molecule has 0 saturated carbocycles. The van der Waals surface area contributed by atoms with E-state index < -0.39 is 10.0 Å². The summed E-state index contributed by atoms with van der Waals surface area (Å²) in [6.07, 6.45) is 3.57. The molecule has 3 aromatic rings. The number of hydrogen-bond donors (Lipinski definition) is 1. The third-order valence-electron chi connectivity index (χ3n) is 4.35. The molecule has 0 bridgehead atoms. The molecule has 138 valence electrons. The number of nitrogens with one attached hydrogen (secondary N) is 1. The van der Waals surface area contributed by atoms with Crippen LogP contribution in [0.4, 0.5) is 11.4 Å². The van der Waals surface area contributed by atoms with Crippen molar-refractivity contribution < 1.29 is 17.6 Å². The van der Waals surface area contributed by atoms with E-state index in [1.807, 2.05) is 12.1 Å². The largest absolute Gasteiger partial charge is 0.444 e. The van der Waals surface area contributed by atoms with Crippen LogP contribution in [-0.2, 0) is 10.0 Å². The number of anilines is 2. The van der Waals surface area contributed by atoms with Gasteiger partial charge in [0.1, 0.15) is 0 Å². The molecule has 1 aliphatic heterocycles. The maximum absolute atomic E-state index is 12.5. The zero-order valence-corrected chi connectivity index (χ0v) is 15.1. The van der Waals surface area contributed by atoms with Crippen molar-refractivity contribution >= 4 is 27.3 Å². The first-order valence-corrected chi connectivity index (χ1v) is 10.0. The van der Waals surface area contributed by atoms with Crippen LogP contribution in [0.5, 0.6) is 0 Å². The Morgan fingerprint density at radius 3 is 2.63 bits per heavy atom. The van der Waals surface area contributed by atoms with Crippen molar-refractivity contribution in [2.75, 3.05) is 21.9 Å². The van der Waals surface area contributed by atoms with Gasteiger partial charge in [-0.2, -0.15) is 0 Å². The molecular weight excluding hydrogens is 366 g/mol. The molecule has 1 aromatic heterocycles. The molecule has 2 aromatic carbocycles. The number of aromatic nitrogens is 1. The summed E-state index contributed by atoms with van der Waals surface area (Å²) in [4.78, 5) is 16.4. The molecule has 0 spiro atoms. The van der Waals surface area contributed by atoms with E-state index in [2.05, 4.69) is 10.3 Å². The molecular formula is C19H17N3O4S. The maximum atomic E-state index is 12.5. The second-order valence-corrected chi connectivity index (χ2v) is 8.20. The van der Waals surface area contributed by atoms with Gasteiger partial charge in [-0.15, -0.1) is 0 Å². The lowest BCUT2D eigenvalue weighted by molar-refractivity contribution is 0.102. The molecule has 1 saturated heterocycles. The number of nitrogens with zero attached hydrogens (tertiary/aromatic N) is 2. The van der Waals surface area contributed by atoms with Gasteiger partial charge >= 0.3 is 0 Å². The summed E-state index contributed by atoms with van der Waals surface area (Å²) >= 11 is 0. The monoisotopic (exact) mass is 383 g/mol. The highest BCUT2D eigenvalue weighted by Crippen LogP contribution is 2.25. The van der Waals surface area contributed by atoms with Crippen LogP contribution in [0.1, 0.15) is 16.8 Å². The molecule has 1 aliphatic rings. The molecule has 1 fully saturated rings. The summed E-state index contributed by atoms with van der Waals surface area (Å²) in [5, 5.41) is 2.83. The minimum Gasteiger partial charge on any atom is -0.444 e. The third-order valence-corrected chi connectivity index (χ3v) is 6.22. The fraction of sp³-hybridized carbons (Fsp3) is 0.158. The molecule has 7 nitrogen and oxygen atoms in total. The maximum Gasteiger partial charge on any atom is 0.255 e. The van der Waals surface area contributed by atoms with Crippen molar-refractivity contribution in [2.45, 2.75) is 6.42 Å². The lowest BCUT2D eigenvalue weighted by atomic mass is 10.1. The summed E-state index contributed by atoms with van der Waals surface area (Å²) < 4.78 is 30.6. The summed E-state index contributed by atoms with van der Waals surface area (Å²) in [6, 6.07) is 13.8. The molecule has 27 heavy (non-hydrogen) atoms. The molecule has 0 radical (unpaired) electrons. The predicted molar refractivity (Wildman–Crippen MR) is 102 cm³/mol. The van der Waals surface area contributed by atoms with Crippen molar-refractivity contribution in [3.63, 3.8) is 0 Å². The van der Waals surface area contributed by atoms with E-state index in [1.165, 1.54) is 10.7 Å². The normalized spacial score (nSPS) is 15.6. The van der Waals surface area contributed by atoms with Gasteiger partial charge < -0.3 is 9.73 Å². The van der Waals surface area contributed by atoms with E-state index in [9.17, 15) is 13.2 Å². The number of rotatable bonds is 4. The average Bonchev–Trinajstić information content (AvgIpc) is 3.31. The van der Waals surface area contributed by atoms with E-state index in [0.29, 0.717) is 35.7 Å². The Morgan fingerprint density at radius 2 is 1.96 bits per heavy atom. The van der Waals surface area contributed by atoms with E-state index in [4.69, 9.17) is 4.42 Å². The highest BCUT2D eigenvalue weighted by atomic mass is 32.2. The van der Waals surface area contributed by atoms with Gasteiger partial charge in [-0.3, -0.25) is 9.10 Å². The number of carbonyl (C=O) groups is 1. The zero-order chi connectivity index (χ0) is 18.9. The van der Waals surface area contributed by atoms with Gasteiger partial charge in [0.25, 0.3) is 5.91 Å². The minimum atomic E-state index is -3.23. The van der Waals surface area contributed by atoms with Gasteiger partial charge in [0, 0.05) is 23.4 Å². The number of sulfonamides is 1. The lowest BCUT2D eigenvalue weighted by Gasteiger charge is -2.17. The Morgan fingerprint density at radius 1 is 1.15 bits per heavy atom. The minimum absolute atomic E-state index is 0.163. The number of oxazole rings is 1. The van der Waals surface area contributed by atoms with Crippen LogP contribution in [0.2, 0.25) is 0 Å². The Kier molecular flexibility index (Phi) is 4.41. The smallest absolute Gasteiger partial charge is 0.255 e. The standard InChI is InChI=1S/C19H17N3O4S/c23-19(21-16-4-1-3-15(11-16)18-12-20-13-26-18)14-5-7-17(8-6-14)22-9-2-10-27(22,24)25/h1,3-8,11-13H,2,9-10H2,(H,21,23). The molecule has 4 rings (SSSR count). The van der Waals surface area contributed by atoms with Gasteiger partial charge in [-0.05, 0) is 42.8 Å². The molecule has 8 heteroatoms. The van der Waals surface area contributed by atoms with Crippen LogP contribution in [-0.4, -0.2) is 31.6 Å². The quantitative estimate of drug-likeness (QED) is 0.747. The average molecular weight is 383 g/mol. The highest BCUT2D eigenvalue weighted by molar-refractivity contribution is 7.93. The van der Waals surface area contributed by atoms with Gasteiger partial charge in [-0.25, -0.2) is 13.4 Å². The van der Waals surface area contributed by atoms with E-state index >= 15 is 0 Å². The molecule has 2 heterocycles. The first-order chi connectivity index (χ1) is 13.0. The van der Waals surface area contributed by atoms with Crippen molar-refractivity contribution in [3.8, 4) is 11.3 Å².